The van der Waals surface area contributed by atoms with Gasteiger partial charge < -0.3 is 25.5 Å². The van der Waals surface area contributed by atoms with Gasteiger partial charge in [0.15, 0.2) is 23.1 Å². The van der Waals surface area contributed by atoms with Gasteiger partial charge in [0.1, 0.15) is 11.0 Å². The Morgan fingerprint density at radius 1 is 1.28 bits per heavy atom. The lowest BCUT2D eigenvalue weighted by Gasteiger charge is -2.23. The molecule has 1 aliphatic rings. The van der Waals surface area contributed by atoms with Crippen LogP contribution in [0.4, 0.5) is 19.0 Å². The molecule has 1 aromatic carbocycles. The van der Waals surface area contributed by atoms with Crippen LogP contribution in [0.3, 0.4) is 0 Å². The molecule has 3 aromatic heterocycles. The third-order valence-electron chi connectivity index (χ3n) is 6.05. The second kappa shape index (κ2) is 11.9. The molecule has 0 unspecified atom stereocenters. The van der Waals surface area contributed by atoms with Crippen LogP contribution in [-0.4, -0.2) is 61.8 Å². The largest absolute Gasteiger partial charge is 0.490 e. The number of ether oxygens (including phenoxy) is 1. The molecule has 0 atom stereocenters. The van der Waals surface area contributed by atoms with Crippen molar-refractivity contribution < 1.29 is 32.4 Å². The summed E-state index contributed by atoms with van der Waals surface area (Å²) in [6.07, 6.45) is -1.13. The monoisotopic (exact) mass is 567 g/mol. The zero-order valence-corrected chi connectivity index (χ0v) is 21.5. The Hall–Kier alpha value is -3.91. The summed E-state index contributed by atoms with van der Waals surface area (Å²) in [6, 6.07) is 7.55. The number of nitrogen functional groups attached to an aromatic ring is 1. The average Bonchev–Trinajstić information content (AvgIpc) is 3.50. The maximum absolute atomic E-state index is 10.6. The summed E-state index contributed by atoms with van der Waals surface area (Å²) in [5.74, 6) is -0.826. The Morgan fingerprint density at radius 2 is 2.00 bits per heavy atom. The molecule has 39 heavy (non-hydrogen) atoms. The number of rotatable bonds is 6. The Bertz CT molecular complexity index is 1450. The van der Waals surface area contributed by atoms with Crippen molar-refractivity contribution in [3.05, 3.63) is 35.5 Å². The molecule has 0 radical (unpaired) electrons. The van der Waals surface area contributed by atoms with Crippen LogP contribution in [0.2, 0.25) is 5.02 Å². The first-order chi connectivity index (χ1) is 18.6. The van der Waals surface area contributed by atoms with Gasteiger partial charge in [-0.15, -0.1) is 0 Å². The van der Waals surface area contributed by atoms with Crippen molar-refractivity contribution in [1.29, 1.82) is 0 Å². The summed E-state index contributed by atoms with van der Waals surface area (Å²) in [5, 5.41) is 18.8. The van der Waals surface area contributed by atoms with E-state index in [2.05, 4.69) is 15.6 Å². The number of anilines is 1. The Labute approximate surface area is 225 Å². The first-order valence-corrected chi connectivity index (χ1v) is 12.3. The van der Waals surface area contributed by atoms with Crippen molar-refractivity contribution in [1.82, 2.24) is 30.2 Å². The molecule has 208 valence electrons. The van der Waals surface area contributed by atoms with Crippen LogP contribution in [0.1, 0.15) is 19.8 Å². The van der Waals surface area contributed by atoms with Crippen molar-refractivity contribution in [2.45, 2.75) is 32.5 Å². The van der Waals surface area contributed by atoms with Gasteiger partial charge in [0, 0.05) is 17.1 Å². The smallest absolute Gasteiger partial charge is 0.489 e. The minimum absolute atomic E-state index is 0.185. The highest BCUT2D eigenvalue weighted by Crippen LogP contribution is 2.37. The molecule has 4 aromatic rings. The quantitative estimate of drug-likeness (QED) is 0.305. The molecule has 1 aliphatic heterocycles. The van der Waals surface area contributed by atoms with E-state index in [1.54, 1.807) is 6.20 Å². The molecular weight excluding hydrogens is 543 g/mol. The third-order valence-corrected chi connectivity index (χ3v) is 6.29. The van der Waals surface area contributed by atoms with Gasteiger partial charge in [-0.2, -0.15) is 13.2 Å². The fourth-order valence-corrected chi connectivity index (χ4v) is 4.35. The standard InChI is InChI=1S/C22H24ClN7O2.C2HF3O2/c1-2-30-20-16(31-12-13-6-8-25-9-7-13)11-26-17(14-4-3-5-15(23)10-14)18(20)27-22(30)19-21(24)29-32-28-19;3-2(4,5)1(6)7/h3-5,10-11,13,25H,2,6-9,12H2,1H3,(H2,24,29);(H,6,7). The topological polar surface area (TPSA) is 154 Å². The minimum atomic E-state index is -5.08. The maximum atomic E-state index is 10.6. The number of hydrogen-bond donors (Lipinski definition) is 3. The number of fused-ring (bicyclic) bond motifs is 1. The Balaban J connectivity index is 0.000000448. The lowest BCUT2D eigenvalue weighted by Crippen LogP contribution is -2.30. The van der Waals surface area contributed by atoms with Gasteiger partial charge >= 0.3 is 12.1 Å². The number of nitrogens with one attached hydrogen (secondary N) is 1. The molecular formula is C24H25ClF3N7O4. The van der Waals surface area contributed by atoms with E-state index in [1.807, 2.05) is 35.8 Å². The molecule has 15 heteroatoms. The fourth-order valence-electron chi connectivity index (χ4n) is 4.16. The molecule has 1 fully saturated rings. The number of carboxylic acid groups (broad SMARTS) is 1. The zero-order chi connectivity index (χ0) is 28.2. The maximum Gasteiger partial charge on any atom is 0.490 e. The van der Waals surface area contributed by atoms with Crippen LogP contribution in [0, 0.1) is 5.92 Å². The molecule has 4 heterocycles. The molecule has 1 saturated heterocycles. The van der Waals surface area contributed by atoms with Crippen molar-refractivity contribution in [2.24, 2.45) is 5.92 Å². The number of benzene rings is 1. The van der Waals surface area contributed by atoms with Gasteiger partial charge in [0.05, 0.1) is 18.5 Å². The predicted molar refractivity (Wildman–Crippen MR) is 136 cm³/mol. The van der Waals surface area contributed by atoms with Crippen molar-refractivity contribution in [2.75, 3.05) is 25.4 Å². The molecule has 5 rings (SSSR count). The van der Waals surface area contributed by atoms with E-state index in [1.165, 1.54) is 0 Å². The molecule has 0 spiro atoms. The number of carbonyl (C=O) groups is 1. The summed E-state index contributed by atoms with van der Waals surface area (Å²) in [4.78, 5) is 18.5. The number of piperidine rings is 1. The SMILES string of the molecule is CCn1c(-c2nonc2N)nc2c(-c3cccc(Cl)c3)ncc(OCC3CCNCC3)c21.O=C(O)C(F)(F)F. The fraction of sp³-hybridized carbons (Fsp3) is 0.375. The second-order valence-electron chi connectivity index (χ2n) is 8.66. The Morgan fingerprint density at radius 3 is 2.59 bits per heavy atom. The van der Waals surface area contributed by atoms with Crippen LogP contribution < -0.4 is 15.8 Å². The van der Waals surface area contributed by atoms with E-state index >= 15 is 0 Å². The van der Waals surface area contributed by atoms with Crippen molar-refractivity contribution in [3.8, 4) is 28.5 Å². The molecule has 0 saturated carbocycles. The molecule has 0 bridgehead atoms. The lowest BCUT2D eigenvalue weighted by atomic mass is 9.99. The first kappa shape index (κ1) is 28.1. The van der Waals surface area contributed by atoms with E-state index in [-0.39, 0.29) is 5.82 Å². The van der Waals surface area contributed by atoms with E-state index in [4.69, 9.17) is 46.6 Å². The van der Waals surface area contributed by atoms with Crippen molar-refractivity contribution >= 4 is 34.4 Å². The summed E-state index contributed by atoms with van der Waals surface area (Å²) in [6.45, 7) is 5.33. The number of nitrogens with zero attached hydrogens (tertiary/aromatic N) is 5. The minimum Gasteiger partial charge on any atom is -0.489 e. The van der Waals surface area contributed by atoms with Crippen LogP contribution in [-0.2, 0) is 11.3 Å². The van der Waals surface area contributed by atoms with Crippen LogP contribution >= 0.6 is 11.6 Å². The Kier molecular flexibility index (Phi) is 8.55. The highest BCUT2D eigenvalue weighted by molar-refractivity contribution is 6.30. The number of hydrogen-bond acceptors (Lipinski definition) is 9. The number of nitrogens with two attached hydrogens (primary N) is 1. The summed E-state index contributed by atoms with van der Waals surface area (Å²) in [5.41, 5.74) is 9.48. The van der Waals surface area contributed by atoms with Gasteiger partial charge in [-0.3, -0.25) is 0 Å². The van der Waals surface area contributed by atoms with E-state index in [9.17, 15) is 13.2 Å². The summed E-state index contributed by atoms with van der Waals surface area (Å²) in [7, 11) is 0. The van der Waals surface area contributed by atoms with Crippen molar-refractivity contribution in [3.63, 3.8) is 0 Å². The molecule has 0 amide bonds. The van der Waals surface area contributed by atoms with E-state index in [0.29, 0.717) is 52.6 Å². The lowest BCUT2D eigenvalue weighted by molar-refractivity contribution is -0.192. The normalized spacial score (nSPS) is 14.2. The number of aryl methyl sites for hydroxylation is 1. The number of alkyl halides is 3. The average molecular weight is 568 g/mol. The highest BCUT2D eigenvalue weighted by Gasteiger charge is 2.38. The molecule has 0 aliphatic carbocycles. The number of halogens is 4. The number of aromatic nitrogens is 5. The van der Waals surface area contributed by atoms with Gasteiger partial charge in [-0.05, 0) is 61.2 Å². The zero-order valence-electron chi connectivity index (χ0n) is 20.7. The first-order valence-electron chi connectivity index (χ1n) is 12.0. The summed E-state index contributed by atoms with van der Waals surface area (Å²) >= 11 is 6.25. The van der Waals surface area contributed by atoms with Gasteiger partial charge in [0.25, 0.3) is 0 Å². The van der Waals surface area contributed by atoms with Crippen LogP contribution in [0.25, 0.3) is 33.8 Å². The summed E-state index contributed by atoms with van der Waals surface area (Å²) < 4.78 is 44.9. The molecule has 11 nitrogen and oxygen atoms in total. The van der Waals surface area contributed by atoms with Crippen LogP contribution in [0.5, 0.6) is 5.75 Å². The van der Waals surface area contributed by atoms with Gasteiger partial charge in [-0.25, -0.2) is 19.4 Å². The number of pyridine rings is 1. The van der Waals surface area contributed by atoms with Gasteiger partial charge in [0.2, 0.25) is 0 Å². The number of aliphatic carboxylic acids is 1. The highest BCUT2D eigenvalue weighted by atomic mass is 35.5. The third kappa shape index (κ3) is 6.40. The van der Waals surface area contributed by atoms with E-state index < -0.39 is 12.1 Å². The predicted octanol–water partition coefficient (Wildman–Crippen LogP) is 4.42. The van der Waals surface area contributed by atoms with Crippen LogP contribution in [0.15, 0.2) is 35.1 Å². The molecule has 4 N–H and O–H groups in total. The van der Waals surface area contributed by atoms with Gasteiger partial charge in [-0.1, -0.05) is 23.7 Å². The second-order valence-corrected chi connectivity index (χ2v) is 9.10. The number of imidazole rings is 1. The number of carboxylic acids is 1. The van der Waals surface area contributed by atoms with E-state index in [0.717, 1.165) is 37.0 Å².